The Morgan fingerprint density at radius 2 is 2.00 bits per heavy atom. The Morgan fingerprint density at radius 1 is 1.40 bits per heavy atom. The molecule has 0 aliphatic carbocycles. The number of hydrogen-bond acceptors (Lipinski definition) is 4. The highest BCUT2D eigenvalue weighted by Gasteiger charge is 2.08. The van der Waals surface area contributed by atoms with Crippen LogP contribution in [-0.4, -0.2) is 48.5 Å². The van der Waals surface area contributed by atoms with Crippen molar-refractivity contribution < 1.29 is 10.0 Å². The summed E-state index contributed by atoms with van der Waals surface area (Å²) in [5, 5.41) is 14.4. The highest BCUT2D eigenvalue weighted by atomic mass is 16.4. The lowest BCUT2D eigenvalue weighted by atomic mass is 10.1. The van der Waals surface area contributed by atoms with Gasteiger partial charge in [0.25, 0.3) is 0 Å². The number of amidine groups is 1. The molecule has 0 aromatic heterocycles. The third-order valence-electron chi connectivity index (χ3n) is 3.20. The Labute approximate surface area is 119 Å². The van der Waals surface area contributed by atoms with Gasteiger partial charge in [0.15, 0.2) is 5.84 Å². The van der Waals surface area contributed by atoms with Crippen molar-refractivity contribution >= 4 is 11.7 Å². The predicted octanol–water partition coefficient (Wildman–Crippen LogP) is 0.390. The van der Waals surface area contributed by atoms with Gasteiger partial charge >= 0.3 is 0 Å². The summed E-state index contributed by atoms with van der Waals surface area (Å²) >= 11 is 0. The van der Waals surface area contributed by atoms with E-state index in [4.69, 9.17) is 10.9 Å². The quantitative estimate of drug-likeness (QED) is 0.304. The maximum Gasteiger partial charge on any atom is 0.224 e. The Morgan fingerprint density at radius 3 is 2.50 bits per heavy atom. The third kappa shape index (κ3) is 4.89. The molecule has 4 N–H and O–H groups in total. The van der Waals surface area contributed by atoms with Gasteiger partial charge in [-0.1, -0.05) is 29.4 Å². The van der Waals surface area contributed by atoms with Crippen molar-refractivity contribution in [3.63, 3.8) is 0 Å². The molecule has 110 valence electrons. The summed E-state index contributed by atoms with van der Waals surface area (Å²) in [5.41, 5.74) is 6.98. The molecule has 0 aliphatic heterocycles. The highest BCUT2D eigenvalue weighted by molar-refractivity contribution is 5.97. The number of amides is 1. The van der Waals surface area contributed by atoms with Crippen LogP contribution in [0.5, 0.6) is 0 Å². The highest BCUT2D eigenvalue weighted by Crippen LogP contribution is 2.05. The molecule has 0 heterocycles. The van der Waals surface area contributed by atoms with Crippen molar-refractivity contribution in [2.45, 2.75) is 19.4 Å². The van der Waals surface area contributed by atoms with Crippen LogP contribution >= 0.6 is 0 Å². The number of benzene rings is 1. The molecule has 6 heteroatoms. The number of carbonyl (C=O) groups is 1. The monoisotopic (exact) mass is 278 g/mol. The van der Waals surface area contributed by atoms with Crippen LogP contribution in [0.2, 0.25) is 0 Å². The van der Waals surface area contributed by atoms with Gasteiger partial charge in [-0.15, -0.1) is 0 Å². The number of nitrogens with one attached hydrogen (secondary N) is 1. The van der Waals surface area contributed by atoms with Crippen LogP contribution in [0, 0.1) is 0 Å². The molecule has 0 spiro atoms. The van der Waals surface area contributed by atoms with Crippen LogP contribution in [0.4, 0.5) is 0 Å². The van der Waals surface area contributed by atoms with Crippen LogP contribution in [0.25, 0.3) is 0 Å². The van der Waals surface area contributed by atoms with E-state index >= 15 is 0 Å². The summed E-state index contributed by atoms with van der Waals surface area (Å²) in [6.07, 6.45) is 0.316. The number of carbonyl (C=O) groups excluding carboxylic acids is 1. The van der Waals surface area contributed by atoms with Crippen molar-refractivity contribution in [3.05, 3.63) is 35.4 Å². The van der Waals surface area contributed by atoms with Gasteiger partial charge in [0.05, 0.1) is 6.42 Å². The van der Waals surface area contributed by atoms with E-state index in [-0.39, 0.29) is 11.7 Å². The number of hydrogen-bond donors (Lipinski definition) is 3. The lowest BCUT2D eigenvalue weighted by molar-refractivity contribution is -0.120. The first-order chi connectivity index (χ1) is 9.43. The van der Waals surface area contributed by atoms with Gasteiger partial charge in [0, 0.05) is 18.2 Å². The van der Waals surface area contributed by atoms with Crippen LogP contribution in [0.15, 0.2) is 29.4 Å². The maximum atomic E-state index is 11.8. The van der Waals surface area contributed by atoms with Gasteiger partial charge < -0.3 is 21.2 Å². The van der Waals surface area contributed by atoms with Crippen LogP contribution < -0.4 is 11.1 Å². The number of nitrogens with two attached hydrogens (primary N) is 1. The fraction of sp³-hybridized carbons (Fsp3) is 0.429. The Balaban J connectivity index is 2.50. The summed E-state index contributed by atoms with van der Waals surface area (Å²) in [6, 6.07) is 7.33. The van der Waals surface area contributed by atoms with E-state index in [0.717, 1.165) is 5.56 Å². The number of likely N-dealkylation sites (N-methyl/N-ethyl adjacent to an activating group) is 1. The molecule has 0 bridgehead atoms. The number of nitrogens with zero attached hydrogens (tertiary/aromatic N) is 2. The van der Waals surface area contributed by atoms with Gasteiger partial charge in [0.2, 0.25) is 5.91 Å². The van der Waals surface area contributed by atoms with Gasteiger partial charge in [0.1, 0.15) is 0 Å². The zero-order chi connectivity index (χ0) is 15.1. The van der Waals surface area contributed by atoms with E-state index in [1.54, 1.807) is 24.3 Å². The Kier molecular flexibility index (Phi) is 5.99. The van der Waals surface area contributed by atoms with Crippen molar-refractivity contribution in [1.29, 1.82) is 0 Å². The first-order valence-corrected chi connectivity index (χ1v) is 6.44. The van der Waals surface area contributed by atoms with Gasteiger partial charge in [-0.3, -0.25) is 4.79 Å². The maximum absolute atomic E-state index is 11.8. The molecule has 1 aromatic rings. The molecule has 0 saturated heterocycles. The number of rotatable bonds is 6. The average molecular weight is 278 g/mol. The molecule has 1 amide bonds. The summed E-state index contributed by atoms with van der Waals surface area (Å²) in [7, 11) is 3.95. The fourth-order valence-corrected chi connectivity index (χ4v) is 1.54. The molecule has 0 radical (unpaired) electrons. The molecular weight excluding hydrogens is 256 g/mol. The third-order valence-corrected chi connectivity index (χ3v) is 3.20. The van der Waals surface area contributed by atoms with E-state index in [1.165, 1.54) is 0 Å². The smallest absolute Gasteiger partial charge is 0.224 e. The molecular formula is C14H22N4O2. The second kappa shape index (κ2) is 7.49. The van der Waals surface area contributed by atoms with E-state index in [2.05, 4.69) is 10.5 Å². The SMILES string of the molecule is CC(CNC(=O)Cc1ccc(C(N)=NO)cc1)N(C)C. The minimum Gasteiger partial charge on any atom is -0.409 e. The molecule has 1 unspecified atom stereocenters. The second-order valence-electron chi connectivity index (χ2n) is 4.98. The van der Waals surface area contributed by atoms with Crippen molar-refractivity contribution in [3.8, 4) is 0 Å². The summed E-state index contributed by atoms with van der Waals surface area (Å²) < 4.78 is 0. The van der Waals surface area contributed by atoms with Gasteiger partial charge in [-0.2, -0.15) is 0 Å². The number of oxime groups is 1. The first-order valence-electron chi connectivity index (χ1n) is 6.44. The predicted molar refractivity (Wildman–Crippen MR) is 78.8 cm³/mol. The molecule has 0 saturated carbocycles. The van der Waals surface area contributed by atoms with Gasteiger partial charge in [-0.05, 0) is 26.6 Å². The minimum atomic E-state index is -0.0183. The van der Waals surface area contributed by atoms with Gasteiger partial charge in [-0.25, -0.2) is 0 Å². The lowest BCUT2D eigenvalue weighted by Gasteiger charge is -2.19. The van der Waals surface area contributed by atoms with Crippen molar-refractivity contribution in [1.82, 2.24) is 10.2 Å². The molecule has 20 heavy (non-hydrogen) atoms. The molecule has 1 aromatic carbocycles. The second-order valence-corrected chi connectivity index (χ2v) is 4.98. The molecule has 0 fully saturated rings. The van der Waals surface area contributed by atoms with Crippen LogP contribution in [0.3, 0.4) is 0 Å². The van der Waals surface area contributed by atoms with E-state index < -0.39 is 0 Å². The molecule has 1 atom stereocenters. The van der Waals surface area contributed by atoms with E-state index in [9.17, 15) is 4.79 Å². The van der Waals surface area contributed by atoms with Crippen LogP contribution in [0.1, 0.15) is 18.1 Å². The Bertz CT molecular complexity index is 469. The first kappa shape index (κ1) is 16.0. The standard InChI is InChI=1S/C14H22N4O2/c1-10(18(2)3)9-16-13(19)8-11-4-6-12(7-5-11)14(15)17-20/h4-7,10,20H,8-9H2,1-3H3,(H2,15,17)(H,16,19). The zero-order valence-electron chi connectivity index (χ0n) is 12.1. The normalized spacial score (nSPS) is 13.3. The molecule has 1 rings (SSSR count). The lowest BCUT2D eigenvalue weighted by Crippen LogP contribution is -2.38. The summed E-state index contributed by atoms with van der Waals surface area (Å²) in [6.45, 7) is 2.67. The Hall–Kier alpha value is -2.08. The summed E-state index contributed by atoms with van der Waals surface area (Å²) in [4.78, 5) is 13.8. The van der Waals surface area contributed by atoms with Crippen LogP contribution in [-0.2, 0) is 11.2 Å². The molecule has 6 nitrogen and oxygen atoms in total. The van der Waals surface area contributed by atoms with E-state index in [1.807, 2.05) is 25.9 Å². The summed E-state index contributed by atoms with van der Waals surface area (Å²) in [5.74, 6) is 0.0380. The fourth-order valence-electron chi connectivity index (χ4n) is 1.54. The average Bonchev–Trinajstić information content (AvgIpc) is 2.44. The topological polar surface area (TPSA) is 91.0 Å². The van der Waals surface area contributed by atoms with E-state index in [0.29, 0.717) is 24.6 Å². The van der Waals surface area contributed by atoms with Crippen molar-refractivity contribution in [2.75, 3.05) is 20.6 Å². The zero-order valence-corrected chi connectivity index (χ0v) is 12.1. The minimum absolute atomic E-state index is 0.0183. The van der Waals surface area contributed by atoms with Crippen molar-refractivity contribution in [2.24, 2.45) is 10.9 Å². The molecule has 0 aliphatic rings. The largest absolute Gasteiger partial charge is 0.409 e.